The van der Waals surface area contributed by atoms with Gasteiger partial charge in [0.15, 0.2) is 0 Å². The summed E-state index contributed by atoms with van der Waals surface area (Å²) in [5.74, 6) is -0.908. The third-order valence-electron chi connectivity index (χ3n) is 7.26. The van der Waals surface area contributed by atoms with Gasteiger partial charge in [-0.1, -0.05) is 42.5 Å². The molecule has 244 valence electrons. The van der Waals surface area contributed by atoms with Crippen molar-refractivity contribution in [1.29, 1.82) is 0 Å². The van der Waals surface area contributed by atoms with Crippen LogP contribution in [0.25, 0.3) is 44.8 Å². The number of pyridine rings is 4. The van der Waals surface area contributed by atoms with E-state index in [-0.39, 0.29) is 4.90 Å². The lowest BCUT2D eigenvalue weighted by molar-refractivity contribution is 0.425. The lowest BCUT2D eigenvalue weighted by Crippen LogP contribution is -2.14. The van der Waals surface area contributed by atoms with Gasteiger partial charge in [-0.25, -0.2) is 26.4 Å². The zero-order valence-corrected chi connectivity index (χ0v) is 27.2. The fraction of sp³-hybridized carbons (Fsp3) is 0.0588. The summed E-state index contributed by atoms with van der Waals surface area (Å²) in [4.78, 5) is 17.4. The fourth-order valence-electron chi connectivity index (χ4n) is 4.96. The van der Waals surface area contributed by atoms with Crippen LogP contribution in [0.3, 0.4) is 0 Å². The van der Waals surface area contributed by atoms with E-state index >= 15 is 0 Å². The Labute approximate surface area is 276 Å². The van der Waals surface area contributed by atoms with Gasteiger partial charge in [0.25, 0.3) is 10.0 Å². The van der Waals surface area contributed by atoms with Crippen molar-refractivity contribution in [3.63, 3.8) is 0 Å². The molecule has 6 rings (SSSR count). The third kappa shape index (κ3) is 7.47. The Morgan fingerprint density at radius 2 is 1.04 bits per heavy atom. The minimum atomic E-state index is -4.11. The lowest BCUT2D eigenvalue weighted by Gasteiger charge is -2.11. The predicted octanol–water partition coefficient (Wildman–Crippen LogP) is 6.19. The van der Waals surface area contributed by atoms with E-state index in [1.807, 2.05) is 56.3 Å². The predicted molar refractivity (Wildman–Crippen MR) is 178 cm³/mol. The van der Waals surface area contributed by atoms with Crippen LogP contribution in [-0.2, 0) is 20.0 Å². The summed E-state index contributed by atoms with van der Waals surface area (Å²) in [5.41, 5.74) is 7.60. The molecule has 4 heterocycles. The molecular formula is C34H28F2N6O4S2. The molecule has 6 aromatic rings. The van der Waals surface area contributed by atoms with E-state index in [0.717, 1.165) is 56.3 Å². The first-order valence-corrected chi connectivity index (χ1v) is 17.2. The number of nitrogens with one attached hydrogen (secondary N) is 1. The largest absolute Gasteiger partial charge is 0.266 e. The van der Waals surface area contributed by atoms with Crippen molar-refractivity contribution in [2.24, 2.45) is 5.14 Å². The Kier molecular flexibility index (Phi) is 10.1. The molecule has 0 bridgehead atoms. The number of hydrogen-bond acceptors (Lipinski definition) is 8. The van der Waals surface area contributed by atoms with Crippen LogP contribution in [-0.4, -0.2) is 36.8 Å². The molecule has 0 aliphatic carbocycles. The molecule has 3 N–H and O–H groups in total. The number of rotatable bonds is 7. The summed E-state index contributed by atoms with van der Waals surface area (Å²) in [6.45, 7) is 3.78. The second kappa shape index (κ2) is 14.2. The van der Waals surface area contributed by atoms with Crippen LogP contribution < -0.4 is 10.1 Å². The van der Waals surface area contributed by atoms with Gasteiger partial charge in [0.05, 0.1) is 16.3 Å². The maximum atomic E-state index is 14.1. The molecule has 4 aromatic heterocycles. The summed E-state index contributed by atoms with van der Waals surface area (Å²) >= 11 is 0. The van der Waals surface area contributed by atoms with E-state index in [9.17, 15) is 25.7 Å². The smallest absolute Gasteiger partial charge is 0.261 e. The Hall–Kier alpha value is -5.28. The van der Waals surface area contributed by atoms with Gasteiger partial charge in [-0.05, 0) is 67.3 Å². The van der Waals surface area contributed by atoms with Crippen LogP contribution in [0.15, 0.2) is 126 Å². The quantitative estimate of drug-likeness (QED) is 0.188. The molecular weight excluding hydrogens is 659 g/mol. The van der Waals surface area contributed by atoms with Crippen LogP contribution in [0.1, 0.15) is 11.4 Å². The van der Waals surface area contributed by atoms with Crippen molar-refractivity contribution in [2.75, 3.05) is 0 Å². The number of primary sulfonamides is 1. The number of nitrogens with two attached hydrogens (primary N) is 1. The maximum absolute atomic E-state index is 14.1. The number of nitrogens with zero attached hydrogens (tertiary/aromatic N) is 4. The van der Waals surface area contributed by atoms with Crippen LogP contribution in [0, 0.1) is 19.7 Å². The normalized spacial score (nSPS) is 11.4. The van der Waals surface area contributed by atoms with Gasteiger partial charge >= 0.3 is 0 Å². The highest BCUT2D eigenvalue weighted by molar-refractivity contribution is 7.89. The molecule has 0 atom stereocenters. The Morgan fingerprint density at radius 3 is 1.48 bits per heavy atom. The number of halogens is 2. The molecule has 0 unspecified atom stereocenters. The standard InChI is InChI=1S/2C17H14FN3O2S/c1-12-15(4-2-10-19-12)16-5-3-11-20-17(16)13-6-8-14(9-7-13)24(22,23)21-18;1-11-13(4-2-8-20-11)14-5-3-9-21-17(14)12-6-7-16(15(18)10-12)24(19,22)23/h2-11,21H,1H3;2-10H,1H3,(H2,19,22,23). The van der Waals surface area contributed by atoms with Crippen molar-refractivity contribution < 1.29 is 25.7 Å². The average Bonchev–Trinajstić information content (AvgIpc) is 3.08. The molecule has 0 spiro atoms. The van der Waals surface area contributed by atoms with Crippen molar-refractivity contribution in [3.8, 4) is 44.8 Å². The van der Waals surface area contributed by atoms with Gasteiger partial charge in [0.1, 0.15) is 10.7 Å². The summed E-state index contributed by atoms with van der Waals surface area (Å²) in [6.07, 6.45) is 6.67. The second-order valence-corrected chi connectivity index (χ2v) is 13.5. The molecule has 0 saturated carbocycles. The van der Waals surface area contributed by atoms with E-state index in [4.69, 9.17) is 5.14 Å². The number of benzene rings is 2. The summed E-state index contributed by atoms with van der Waals surface area (Å²) < 4.78 is 72.1. The zero-order valence-electron chi connectivity index (χ0n) is 25.5. The number of hydrogen-bond donors (Lipinski definition) is 2. The van der Waals surface area contributed by atoms with Crippen molar-refractivity contribution in [1.82, 2.24) is 24.9 Å². The van der Waals surface area contributed by atoms with Gasteiger partial charge in [0, 0.05) is 69.6 Å². The van der Waals surface area contributed by atoms with Crippen molar-refractivity contribution >= 4 is 20.0 Å². The summed E-state index contributed by atoms with van der Waals surface area (Å²) in [7, 11) is -8.22. The number of sulfonamides is 2. The average molecular weight is 687 g/mol. The minimum absolute atomic E-state index is 0.149. The van der Waals surface area contributed by atoms with Crippen LogP contribution >= 0.6 is 0 Å². The van der Waals surface area contributed by atoms with Crippen LogP contribution in [0.2, 0.25) is 0 Å². The number of aryl methyl sites for hydroxylation is 2. The first kappa shape index (κ1) is 34.1. The molecule has 0 saturated heterocycles. The van der Waals surface area contributed by atoms with E-state index in [2.05, 4.69) is 19.9 Å². The van der Waals surface area contributed by atoms with Crippen molar-refractivity contribution in [3.05, 3.63) is 133 Å². The molecule has 0 radical (unpaired) electrons. The van der Waals surface area contributed by atoms with E-state index in [1.54, 1.807) is 43.0 Å². The fourth-order valence-corrected chi connectivity index (χ4v) is 6.13. The first-order valence-electron chi connectivity index (χ1n) is 14.2. The minimum Gasteiger partial charge on any atom is -0.261 e. The molecule has 0 aliphatic heterocycles. The molecule has 10 nitrogen and oxygen atoms in total. The molecule has 14 heteroatoms. The monoisotopic (exact) mass is 686 g/mol. The highest BCUT2D eigenvalue weighted by atomic mass is 32.2. The zero-order chi connectivity index (χ0) is 34.5. The summed E-state index contributed by atoms with van der Waals surface area (Å²) in [6, 6.07) is 24.5. The molecule has 0 aliphatic rings. The highest BCUT2D eigenvalue weighted by Gasteiger charge is 2.18. The third-order valence-corrected chi connectivity index (χ3v) is 9.30. The lowest BCUT2D eigenvalue weighted by atomic mass is 9.98. The van der Waals surface area contributed by atoms with Crippen LogP contribution in [0.4, 0.5) is 8.87 Å². The molecule has 48 heavy (non-hydrogen) atoms. The SMILES string of the molecule is Cc1ncccc1-c1cccnc1-c1ccc(S(=O)(=O)NF)cc1.Cc1ncccc1-c1cccnc1-c1ccc(S(N)(=O)=O)c(F)c1. The Bertz CT molecular complexity index is 2320. The molecule has 0 amide bonds. The highest BCUT2D eigenvalue weighted by Crippen LogP contribution is 2.33. The Balaban J connectivity index is 0.000000188. The van der Waals surface area contributed by atoms with Crippen LogP contribution in [0.5, 0.6) is 0 Å². The van der Waals surface area contributed by atoms with E-state index in [0.29, 0.717) is 17.0 Å². The van der Waals surface area contributed by atoms with E-state index in [1.165, 1.54) is 18.2 Å². The molecule has 2 aromatic carbocycles. The molecule has 0 fully saturated rings. The first-order chi connectivity index (χ1) is 22.9. The maximum Gasteiger partial charge on any atom is 0.266 e. The van der Waals surface area contributed by atoms with Gasteiger partial charge in [-0.3, -0.25) is 19.9 Å². The van der Waals surface area contributed by atoms with Gasteiger partial charge in [-0.2, -0.15) is 0 Å². The van der Waals surface area contributed by atoms with Crippen molar-refractivity contribution in [2.45, 2.75) is 23.6 Å². The van der Waals surface area contributed by atoms with Gasteiger partial charge < -0.3 is 0 Å². The van der Waals surface area contributed by atoms with Gasteiger partial charge in [-0.15, -0.1) is 4.48 Å². The topological polar surface area (TPSA) is 158 Å². The van der Waals surface area contributed by atoms with E-state index < -0.39 is 30.8 Å². The Morgan fingerprint density at radius 1 is 0.604 bits per heavy atom. The second-order valence-electron chi connectivity index (χ2n) is 10.4. The van der Waals surface area contributed by atoms with Gasteiger partial charge in [0.2, 0.25) is 10.0 Å². The summed E-state index contributed by atoms with van der Waals surface area (Å²) in [5, 5.41) is 5.00. The number of aromatic nitrogens is 4.